The van der Waals surface area contributed by atoms with Crippen LogP contribution in [0.15, 0.2) is 60.7 Å². The van der Waals surface area contributed by atoms with Crippen LogP contribution in [-0.4, -0.2) is 17.1 Å². The zero-order chi connectivity index (χ0) is 18.8. The number of aromatic nitrogens is 2. The lowest BCUT2D eigenvalue weighted by Gasteiger charge is -2.12. The maximum absolute atomic E-state index is 6.20. The Morgan fingerprint density at radius 1 is 1.00 bits per heavy atom. The molecule has 0 radical (unpaired) electrons. The molecule has 4 rings (SSSR count). The molecule has 136 valence electrons. The maximum atomic E-state index is 6.20. The van der Waals surface area contributed by atoms with Crippen LogP contribution in [0.4, 0.5) is 0 Å². The molecule has 0 fully saturated rings. The van der Waals surface area contributed by atoms with Gasteiger partial charge >= 0.3 is 0 Å². The predicted molar refractivity (Wildman–Crippen MR) is 109 cm³/mol. The zero-order valence-electron chi connectivity index (χ0n) is 15.1. The molecule has 4 aromatic rings. The quantitative estimate of drug-likeness (QED) is 0.479. The normalized spacial score (nSPS) is 10.9. The highest BCUT2D eigenvalue weighted by molar-refractivity contribution is 6.31. The van der Waals surface area contributed by atoms with Gasteiger partial charge in [-0.3, -0.25) is 0 Å². The standard InChI is InChI=1S/C22H19ClN2O2/c1-14-7-9-18-19(11-14)25-22(24-18)15-8-10-20(21(12-15)26-2)27-13-16-5-3-4-6-17(16)23/h3-12H,13H2,1-2H3,(H,24,25). The van der Waals surface area contributed by atoms with Crippen molar-refractivity contribution in [3.8, 4) is 22.9 Å². The largest absolute Gasteiger partial charge is 0.493 e. The van der Waals surface area contributed by atoms with Gasteiger partial charge in [0.2, 0.25) is 0 Å². The summed E-state index contributed by atoms with van der Waals surface area (Å²) in [6.07, 6.45) is 0. The van der Waals surface area contributed by atoms with Gasteiger partial charge in [-0.25, -0.2) is 4.98 Å². The minimum absolute atomic E-state index is 0.374. The Labute approximate surface area is 162 Å². The first-order valence-corrected chi connectivity index (χ1v) is 9.03. The molecule has 4 nitrogen and oxygen atoms in total. The Balaban J connectivity index is 1.61. The highest BCUT2D eigenvalue weighted by Crippen LogP contribution is 2.33. The van der Waals surface area contributed by atoms with Crippen LogP contribution in [0.1, 0.15) is 11.1 Å². The van der Waals surface area contributed by atoms with Gasteiger partial charge in [0.05, 0.1) is 18.1 Å². The third-order valence-corrected chi connectivity index (χ3v) is 4.78. The van der Waals surface area contributed by atoms with Crippen molar-refractivity contribution in [2.45, 2.75) is 13.5 Å². The van der Waals surface area contributed by atoms with Crippen molar-refractivity contribution in [2.24, 2.45) is 0 Å². The molecular weight excluding hydrogens is 360 g/mol. The number of rotatable bonds is 5. The number of H-pyrrole nitrogens is 1. The second kappa shape index (κ2) is 7.33. The van der Waals surface area contributed by atoms with Gasteiger partial charge in [-0.15, -0.1) is 0 Å². The summed E-state index contributed by atoms with van der Waals surface area (Å²) < 4.78 is 11.4. The molecule has 0 spiro atoms. The summed E-state index contributed by atoms with van der Waals surface area (Å²) in [4.78, 5) is 8.03. The second-order valence-corrected chi connectivity index (χ2v) is 6.76. The summed E-state index contributed by atoms with van der Waals surface area (Å²) in [7, 11) is 1.63. The lowest BCUT2D eigenvalue weighted by Crippen LogP contribution is -1.98. The molecule has 0 aliphatic heterocycles. The highest BCUT2D eigenvalue weighted by atomic mass is 35.5. The highest BCUT2D eigenvalue weighted by Gasteiger charge is 2.11. The Morgan fingerprint density at radius 2 is 1.85 bits per heavy atom. The second-order valence-electron chi connectivity index (χ2n) is 6.35. The van der Waals surface area contributed by atoms with Crippen LogP contribution < -0.4 is 9.47 Å². The monoisotopic (exact) mass is 378 g/mol. The van der Waals surface area contributed by atoms with Crippen molar-refractivity contribution in [3.05, 3.63) is 76.8 Å². The Bertz CT molecular complexity index is 1100. The summed E-state index contributed by atoms with van der Waals surface area (Å²) in [5, 5.41) is 0.686. The van der Waals surface area contributed by atoms with Crippen LogP contribution in [0.3, 0.4) is 0 Å². The van der Waals surface area contributed by atoms with Crippen LogP contribution in [0.2, 0.25) is 5.02 Å². The number of halogens is 1. The Hall–Kier alpha value is -2.98. The topological polar surface area (TPSA) is 47.1 Å². The van der Waals surface area contributed by atoms with Crippen LogP contribution >= 0.6 is 11.6 Å². The first-order valence-electron chi connectivity index (χ1n) is 8.65. The molecule has 1 heterocycles. The molecule has 3 aromatic carbocycles. The van der Waals surface area contributed by atoms with Gasteiger partial charge in [0.25, 0.3) is 0 Å². The van der Waals surface area contributed by atoms with Crippen LogP contribution in [0.5, 0.6) is 11.5 Å². The summed E-state index contributed by atoms with van der Waals surface area (Å²) in [5.41, 5.74) is 5.01. The van der Waals surface area contributed by atoms with Crippen molar-refractivity contribution >= 4 is 22.6 Å². The van der Waals surface area contributed by atoms with Crippen LogP contribution in [0.25, 0.3) is 22.4 Å². The lowest BCUT2D eigenvalue weighted by molar-refractivity contribution is 0.284. The molecule has 0 saturated carbocycles. The zero-order valence-corrected chi connectivity index (χ0v) is 15.9. The molecule has 0 amide bonds. The Morgan fingerprint density at radius 3 is 2.67 bits per heavy atom. The van der Waals surface area contributed by atoms with Gasteiger partial charge in [0, 0.05) is 16.1 Å². The molecule has 1 N–H and O–H groups in total. The average molecular weight is 379 g/mol. The minimum atomic E-state index is 0.374. The Kier molecular flexibility index (Phi) is 4.73. The number of nitrogens with one attached hydrogen (secondary N) is 1. The lowest BCUT2D eigenvalue weighted by atomic mass is 10.2. The number of imidazole rings is 1. The van der Waals surface area contributed by atoms with Gasteiger partial charge in [-0.2, -0.15) is 0 Å². The van der Waals surface area contributed by atoms with Crippen molar-refractivity contribution in [2.75, 3.05) is 7.11 Å². The van der Waals surface area contributed by atoms with Crippen molar-refractivity contribution in [1.82, 2.24) is 9.97 Å². The number of methoxy groups -OCH3 is 1. The van der Waals surface area contributed by atoms with E-state index < -0.39 is 0 Å². The average Bonchev–Trinajstić information content (AvgIpc) is 3.10. The van der Waals surface area contributed by atoms with E-state index in [-0.39, 0.29) is 0 Å². The molecule has 0 aliphatic rings. The number of hydrogen-bond donors (Lipinski definition) is 1. The molecule has 0 bridgehead atoms. The predicted octanol–water partition coefficient (Wildman–Crippen LogP) is 5.78. The summed E-state index contributed by atoms with van der Waals surface area (Å²) in [6, 6.07) is 19.6. The van der Waals surface area contributed by atoms with E-state index in [2.05, 4.69) is 29.0 Å². The number of hydrogen-bond acceptors (Lipinski definition) is 3. The van der Waals surface area contributed by atoms with Gasteiger partial charge in [-0.05, 0) is 48.9 Å². The van der Waals surface area contributed by atoms with E-state index in [4.69, 9.17) is 21.1 Å². The number of benzene rings is 3. The number of aryl methyl sites for hydroxylation is 1. The molecule has 0 saturated heterocycles. The van der Waals surface area contributed by atoms with E-state index in [0.29, 0.717) is 23.1 Å². The molecule has 5 heteroatoms. The first-order chi connectivity index (χ1) is 13.1. The third kappa shape index (κ3) is 3.62. The molecule has 0 aliphatic carbocycles. The van der Waals surface area contributed by atoms with E-state index in [1.165, 1.54) is 5.56 Å². The summed E-state index contributed by atoms with van der Waals surface area (Å²) >= 11 is 6.20. The molecule has 1 aromatic heterocycles. The fourth-order valence-corrected chi connectivity index (χ4v) is 3.16. The fraction of sp³-hybridized carbons (Fsp3) is 0.136. The molecular formula is C22H19ClN2O2. The number of ether oxygens (including phenoxy) is 2. The minimum Gasteiger partial charge on any atom is -0.493 e. The number of fused-ring (bicyclic) bond motifs is 1. The molecule has 27 heavy (non-hydrogen) atoms. The van der Waals surface area contributed by atoms with E-state index in [9.17, 15) is 0 Å². The molecule has 0 atom stereocenters. The van der Waals surface area contributed by atoms with Crippen LogP contribution in [0, 0.1) is 6.92 Å². The van der Waals surface area contributed by atoms with E-state index in [1.807, 2.05) is 48.5 Å². The van der Waals surface area contributed by atoms with Gasteiger partial charge in [0.15, 0.2) is 11.5 Å². The maximum Gasteiger partial charge on any atom is 0.161 e. The summed E-state index contributed by atoms with van der Waals surface area (Å²) in [5.74, 6) is 2.11. The van der Waals surface area contributed by atoms with Gasteiger partial charge in [0.1, 0.15) is 12.4 Å². The fourth-order valence-electron chi connectivity index (χ4n) is 2.97. The number of aromatic amines is 1. The van der Waals surface area contributed by atoms with Gasteiger partial charge in [-0.1, -0.05) is 35.9 Å². The smallest absolute Gasteiger partial charge is 0.161 e. The van der Waals surface area contributed by atoms with E-state index in [0.717, 1.165) is 28.0 Å². The van der Waals surface area contributed by atoms with Crippen molar-refractivity contribution < 1.29 is 9.47 Å². The molecule has 0 unspecified atom stereocenters. The van der Waals surface area contributed by atoms with E-state index >= 15 is 0 Å². The SMILES string of the molecule is COc1cc(-c2nc3ccc(C)cc3[nH]2)ccc1OCc1ccccc1Cl. The first kappa shape index (κ1) is 17.4. The number of nitrogens with zero attached hydrogens (tertiary/aromatic N) is 1. The van der Waals surface area contributed by atoms with Crippen molar-refractivity contribution in [1.29, 1.82) is 0 Å². The van der Waals surface area contributed by atoms with E-state index in [1.54, 1.807) is 7.11 Å². The van der Waals surface area contributed by atoms with Crippen molar-refractivity contribution in [3.63, 3.8) is 0 Å². The van der Waals surface area contributed by atoms with Gasteiger partial charge < -0.3 is 14.5 Å². The summed E-state index contributed by atoms with van der Waals surface area (Å²) in [6.45, 7) is 2.44. The van der Waals surface area contributed by atoms with Crippen LogP contribution in [-0.2, 0) is 6.61 Å². The third-order valence-electron chi connectivity index (χ3n) is 4.42.